The molecule has 3 heteroatoms. The Balaban J connectivity index is 3.17. The van der Waals surface area contributed by atoms with Crippen LogP contribution in [-0.4, -0.2) is 11.7 Å². The Labute approximate surface area is 71.6 Å². The van der Waals surface area contributed by atoms with Crippen LogP contribution in [0.4, 0.5) is 0 Å². The van der Waals surface area contributed by atoms with Crippen LogP contribution in [0.1, 0.15) is 19.9 Å². The van der Waals surface area contributed by atoms with Gasteiger partial charge in [0.25, 0.3) is 5.56 Å². The van der Waals surface area contributed by atoms with E-state index in [0.717, 1.165) is 0 Å². The van der Waals surface area contributed by atoms with Gasteiger partial charge in [0, 0.05) is 18.3 Å². The van der Waals surface area contributed by atoms with Crippen LogP contribution in [0.2, 0.25) is 0 Å². The van der Waals surface area contributed by atoms with Gasteiger partial charge in [-0.15, -0.1) is 0 Å². The molecule has 0 aliphatic rings. The molecule has 0 N–H and O–H groups in total. The molecule has 0 aromatic carbocycles. The molecule has 1 aromatic rings. The molecule has 0 aliphatic heterocycles. The highest BCUT2D eigenvalue weighted by Crippen LogP contribution is 2.08. The topological polar surface area (TPSA) is 31.2 Å². The number of hydrogen-bond donors (Lipinski definition) is 0. The summed E-state index contributed by atoms with van der Waals surface area (Å²) in [6, 6.07) is 3.35. The standard InChI is InChI=1S/C9H13NO2/c1-7(2)10-6-8(12-3)4-5-9(10)11/h4-7H,1-3H3. The summed E-state index contributed by atoms with van der Waals surface area (Å²) in [7, 11) is 1.59. The number of pyridine rings is 1. The van der Waals surface area contributed by atoms with Crippen molar-refractivity contribution in [2.45, 2.75) is 19.9 Å². The average Bonchev–Trinajstić information content (AvgIpc) is 2.05. The van der Waals surface area contributed by atoms with Gasteiger partial charge in [-0.3, -0.25) is 4.79 Å². The Kier molecular flexibility index (Phi) is 2.53. The van der Waals surface area contributed by atoms with Gasteiger partial charge in [-0.2, -0.15) is 0 Å². The van der Waals surface area contributed by atoms with Gasteiger partial charge in [0.1, 0.15) is 5.75 Å². The molecule has 3 nitrogen and oxygen atoms in total. The van der Waals surface area contributed by atoms with Crippen LogP contribution < -0.4 is 10.3 Å². The third-order valence-electron chi connectivity index (χ3n) is 1.70. The molecule has 0 atom stereocenters. The van der Waals surface area contributed by atoms with Crippen molar-refractivity contribution in [3.63, 3.8) is 0 Å². The van der Waals surface area contributed by atoms with Gasteiger partial charge < -0.3 is 9.30 Å². The Morgan fingerprint density at radius 1 is 1.42 bits per heavy atom. The zero-order valence-electron chi connectivity index (χ0n) is 7.57. The summed E-state index contributed by atoms with van der Waals surface area (Å²) >= 11 is 0. The van der Waals surface area contributed by atoms with E-state index in [4.69, 9.17) is 4.74 Å². The van der Waals surface area contributed by atoms with E-state index in [2.05, 4.69) is 0 Å². The normalized spacial score (nSPS) is 10.3. The van der Waals surface area contributed by atoms with E-state index >= 15 is 0 Å². The quantitative estimate of drug-likeness (QED) is 0.667. The lowest BCUT2D eigenvalue weighted by Crippen LogP contribution is -2.19. The number of hydrogen-bond acceptors (Lipinski definition) is 2. The monoisotopic (exact) mass is 167 g/mol. The first-order valence-corrected chi connectivity index (χ1v) is 3.91. The van der Waals surface area contributed by atoms with Crippen molar-refractivity contribution in [1.29, 1.82) is 0 Å². The van der Waals surface area contributed by atoms with E-state index in [9.17, 15) is 4.79 Å². The van der Waals surface area contributed by atoms with Crippen LogP contribution in [0.15, 0.2) is 23.1 Å². The molecule has 0 spiro atoms. The highest BCUT2D eigenvalue weighted by molar-refractivity contribution is 5.16. The number of aromatic nitrogens is 1. The van der Waals surface area contributed by atoms with E-state index in [1.807, 2.05) is 13.8 Å². The van der Waals surface area contributed by atoms with E-state index < -0.39 is 0 Å². The molecule has 0 saturated heterocycles. The summed E-state index contributed by atoms with van der Waals surface area (Å²) in [5, 5.41) is 0. The molecule has 12 heavy (non-hydrogen) atoms. The molecule has 0 unspecified atom stereocenters. The molecule has 0 fully saturated rings. The minimum Gasteiger partial charge on any atom is -0.495 e. The molecule has 1 heterocycles. The number of methoxy groups -OCH3 is 1. The molecule has 0 saturated carbocycles. The highest BCUT2D eigenvalue weighted by Gasteiger charge is 2.00. The third kappa shape index (κ3) is 1.67. The van der Waals surface area contributed by atoms with E-state index in [1.54, 1.807) is 23.9 Å². The maximum Gasteiger partial charge on any atom is 0.251 e. The van der Waals surface area contributed by atoms with Crippen molar-refractivity contribution in [3.05, 3.63) is 28.7 Å². The number of nitrogens with zero attached hydrogens (tertiary/aromatic N) is 1. The average molecular weight is 167 g/mol. The summed E-state index contributed by atoms with van der Waals surface area (Å²) in [4.78, 5) is 11.2. The Morgan fingerprint density at radius 3 is 2.58 bits per heavy atom. The molecule has 1 aromatic heterocycles. The molecular weight excluding hydrogens is 154 g/mol. The summed E-state index contributed by atoms with van der Waals surface area (Å²) in [6.07, 6.45) is 1.72. The first-order valence-electron chi connectivity index (χ1n) is 3.91. The lowest BCUT2D eigenvalue weighted by Gasteiger charge is -2.10. The summed E-state index contributed by atoms with van der Waals surface area (Å²) in [6.45, 7) is 3.92. The molecule has 0 radical (unpaired) electrons. The van der Waals surface area contributed by atoms with Crippen molar-refractivity contribution in [2.75, 3.05) is 7.11 Å². The fraction of sp³-hybridized carbons (Fsp3) is 0.444. The fourth-order valence-corrected chi connectivity index (χ4v) is 1.01. The Morgan fingerprint density at radius 2 is 2.08 bits per heavy atom. The first kappa shape index (κ1) is 8.84. The van der Waals surface area contributed by atoms with Crippen molar-refractivity contribution in [1.82, 2.24) is 4.57 Å². The van der Waals surface area contributed by atoms with Crippen LogP contribution in [0.3, 0.4) is 0 Å². The van der Waals surface area contributed by atoms with Crippen LogP contribution >= 0.6 is 0 Å². The molecule has 0 amide bonds. The second kappa shape index (κ2) is 3.43. The zero-order valence-corrected chi connectivity index (χ0v) is 7.57. The minimum atomic E-state index is 0.00537. The Bertz CT molecular complexity index is 315. The number of ether oxygens (including phenoxy) is 1. The van der Waals surface area contributed by atoms with Gasteiger partial charge in [-0.05, 0) is 19.9 Å². The minimum absolute atomic E-state index is 0.00537. The molecule has 1 rings (SSSR count). The lowest BCUT2D eigenvalue weighted by molar-refractivity contribution is 0.405. The third-order valence-corrected chi connectivity index (χ3v) is 1.70. The van der Waals surface area contributed by atoms with Crippen LogP contribution in [0.5, 0.6) is 5.75 Å². The van der Waals surface area contributed by atoms with Gasteiger partial charge in [0.15, 0.2) is 0 Å². The second-order valence-electron chi connectivity index (χ2n) is 2.91. The van der Waals surface area contributed by atoms with E-state index in [1.165, 1.54) is 6.07 Å². The SMILES string of the molecule is COc1ccc(=O)n(C(C)C)c1. The van der Waals surface area contributed by atoms with Crippen LogP contribution in [0, 0.1) is 0 Å². The molecule has 0 aliphatic carbocycles. The molecule has 66 valence electrons. The van der Waals surface area contributed by atoms with Gasteiger partial charge in [-0.1, -0.05) is 0 Å². The van der Waals surface area contributed by atoms with Gasteiger partial charge in [-0.25, -0.2) is 0 Å². The highest BCUT2D eigenvalue weighted by atomic mass is 16.5. The van der Waals surface area contributed by atoms with Crippen LogP contribution in [0.25, 0.3) is 0 Å². The maximum atomic E-state index is 11.2. The van der Waals surface area contributed by atoms with Crippen molar-refractivity contribution >= 4 is 0 Å². The summed E-state index contributed by atoms with van der Waals surface area (Å²) < 4.78 is 6.64. The largest absolute Gasteiger partial charge is 0.495 e. The fourth-order valence-electron chi connectivity index (χ4n) is 1.01. The lowest BCUT2D eigenvalue weighted by atomic mass is 10.3. The second-order valence-corrected chi connectivity index (χ2v) is 2.91. The van der Waals surface area contributed by atoms with Gasteiger partial charge in [0.2, 0.25) is 0 Å². The summed E-state index contributed by atoms with van der Waals surface area (Å²) in [5.41, 5.74) is 0.00537. The van der Waals surface area contributed by atoms with E-state index in [0.29, 0.717) is 5.75 Å². The molecular formula is C9H13NO2. The van der Waals surface area contributed by atoms with Crippen molar-refractivity contribution in [3.8, 4) is 5.75 Å². The maximum absolute atomic E-state index is 11.2. The predicted molar refractivity (Wildman–Crippen MR) is 47.6 cm³/mol. The van der Waals surface area contributed by atoms with E-state index in [-0.39, 0.29) is 11.6 Å². The Hall–Kier alpha value is -1.25. The predicted octanol–water partition coefficient (Wildman–Crippen LogP) is 1.44. The van der Waals surface area contributed by atoms with Crippen molar-refractivity contribution < 1.29 is 4.74 Å². The van der Waals surface area contributed by atoms with Crippen LogP contribution in [-0.2, 0) is 0 Å². The van der Waals surface area contributed by atoms with Crippen molar-refractivity contribution in [2.24, 2.45) is 0 Å². The summed E-state index contributed by atoms with van der Waals surface area (Å²) in [5.74, 6) is 0.711. The first-order chi connectivity index (χ1) is 5.65. The van der Waals surface area contributed by atoms with Gasteiger partial charge >= 0.3 is 0 Å². The molecule has 0 bridgehead atoms. The zero-order chi connectivity index (χ0) is 9.14. The number of rotatable bonds is 2. The smallest absolute Gasteiger partial charge is 0.251 e. The van der Waals surface area contributed by atoms with Gasteiger partial charge in [0.05, 0.1) is 7.11 Å².